The van der Waals surface area contributed by atoms with E-state index in [0.717, 1.165) is 29.8 Å². The fraction of sp³-hybridized carbons (Fsp3) is 0.316. The summed E-state index contributed by atoms with van der Waals surface area (Å²) >= 11 is 6.01. The molecule has 0 bridgehead atoms. The van der Waals surface area contributed by atoms with Crippen molar-refractivity contribution in [3.63, 3.8) is 0 Å². The monoisotopic (exact) mass is 439 g/mol. The highest BCUT2D eigenvalue weighted by atomic mass is 35.5. The van der Waals surface area contributed by atoms with E-state index in [1.165, 1.54) is 0 Å². The van der Waals surface area contributed by atoms with Gasteiger partial charge in [-0.15, -0.1) is 0 Å². The molecule has 10 heteroatoms. The zero-order valence-electron chi connectivity index (χ0n) is 16.0. The average Bonchev–Trinajstić information content (AvgIpc) is 2.66. The highest BCUT2D eigenvalue weighted by Crippen LogP contribution is 2.24. The van der Waals surface area contributed by atoms with Crippen LogP contribution >= 0.6 is 11.6 Å². The molecule has 2 N–H and O–H groups in total. The van der Waals surface area contributed by atoms with Gasteiger partial charge in [0.15, 0.2) is 0 Å². The molecular formula is C19H22ClN3O5S. The largest absolute Gasteiger partial charge is 0.355 e. The average molecular weight is 440 g/mol. The Morgan fingerprint density at radius 1 is 1.17 bits per heavy atom. The molecule has 2 rings (SSSR count). The molecule has 0 fully saturated rings. The molecule has 0 aliphatic heterocycles. The van der Waals surface area contributed by atoms with E-state index in [1.54, 1.807) is 6.07 Å². The van der Waals surface area contributed by atoms with Gasteiger partial charge in [0.2, 0.25) is 15.9 Å². The third-order valence-corrected chi connectivity index (χ3v) is 6.05. The van der Waals surface area contributed by atoms with Crippen LogP contribution in [0.3, 0.4) is 0 Å². The molecule has 2 aromatic carbocycles. The first-order valence-electron chi connectivity index (χ1n) is 8.78. The Hall–Kier alpha value is -2.49. The van der Waals surface area contributed by atoms with E-state index in [-0.39, 0.29) is 34.9 Å². The van der Waals surface area contributed by atoms with Gasteiger partial charge in [-0.2, -0.15) is 0 Å². The first-order chi connectivity index (χ1) is 13.5. The van der Waals surface area contributed by atoms with E-state index >= 15 is 0 Å². The number of carbonyl (C=O) groups is 1. The topological polar surface area (TPSA) is 118 Å². The van der Waals surface area contributed by atoms with Crippen LogP contribution in [-0.4, -0.2) is 32.3 Å². The maximum atomic E-state index is 12.2. The van der Waals surface area contributed by atoms with Crippen LogP contribution in [0.4, 0.5) is 5.69 Å². The van der Waals surface area contributed by atoms with Gasteiger partial charge in [-0.3, -0.25) is 14.9 Å². The predicted molar refractivity (Wildman–Crippen MR) is 110 cm³/mol. The Morgan fingerprint density at radius 3 is 2.41 bits per heavy atom. The second-order valence-electron chi connectivity index (χ2n) is 7.07. The summed E-state index contributed by atoms with van der Waals surface area (Å²) in [5.41, 5.74) is 0.425. The number of halogens is 1. The minimum atomic E-state index is -3.86. The molecule has 29 heavy (non-hydrogen) atoms. The van der Waals surface area contributed by atoms with E-state index < -0.39 is 14.9 Å². The molecule has 0 spiro atoms. The molecule has 8 nitrogen and oxygen atoms in total. The fourth-order valence-corrected chi connectivity index (χ4v) is 3.77. The predicted octanol–water partition coefficient (Wildman–Crippen LogP) is 3.01. The second-order valence-corrected chi connectivity index (χ2v) is 9.27. The lowest BCUT2D eigenvalue weighted by Gasteiger charge is -2.26. The van der Waals surface area contributed by atoms with Gasteiger partial charge >= 0.3 is 0 Å². The van der Waals surface area contributed by atoms with Gasteiger partial charge in [-0.05, 0) is 29.8 Å². The summed E-state index contributed by atoms with van der Waals surface area (Å²) in [5, 5.41) is 14.0. The van der Waals surface area contributed by atoms with E-state index in [0.29, 0.717) is 11.6 Å². The van der Waals surface area contributed by atoms with Gasteiger partial charge < -0.3 is 5.32 Å². The number of non-ortho nitro benzene ring substituents is 1. The Labute approximate surface area is 174 Å². The summed E-state index contributed by atoms with van der Waals surface area (Å²) < 4.78 is 26.7. The van der Waals surface area contributed by atoms with Gasteiger partial charge in [0.05, 0.1) is 9.82 Å². The third-order valence-electron chi connectivity index (χ3n) is 4.34. The molecule has 0 radical (unpaired) electrons. The Morgan fingerprint density at radius 2 is 1.83 bits per heavy atom. The summed E-state index contributed by atoms with van der Waals surface area (Å²) in [6.45, 7) is 4.20. The second kappa shape index (κ2) is 9.34. The number of hydrogen-bond acceptors (Lipinski definition) is 5. The molecule has 0 saturated heterocycles. The Balaban J connectivity index is 1.85. The highest BCUT2D eigenvalue weighted by molar-refractivity contribution is 7.89. The smallest absolute Gasteiger partial charge is 0.269 e. The van der Waals surface area contributed by atoms with Crippen molar-refractivity contribution in [3.8, 4) is 0 Å². The fourth-order valence-electron chi connectivity index (χ4n) is 2.55. The lowest BCUT2D eigenvalue weighted by atomic mass is 9.84. The van der Waals surface area contributed by atoms with E-state index in [1.807, 2.05) is 32.0 Å². The van der Waals surface area contributed by atoms with Crippen LogP contribution in [0.2, 0.25) is 5.02 Å². The minimum absolute atomic E-state index is 0.0438. The SMILES string of the molecule is CC(C)(CNC(=O)CCNS(=O)(=O)c1ccc([N+](=O)[O-])cc1)c1cccc(Cl)c1. The zero-order valence-corrected chi connectivity index (χ0v) is 17.6. The number of nitro groups is 1. The van der Waals surface area contributed by atoms with E-state index in [4.69, 9.17) is 11.6 Å². The van der Waals surface area contributed by atoms with Crippen LogP contribution in [0.5, 0.6) is 0 Å². The first kappa shape index (κ1) is 22.8. The molecule has 0 atom stereocenters. The summed E-state index contributed by atoms with van der Waals surface area (Å²) in [4.78, 5) is 22.0. The van der Waals surface area contributed by atoms with Crippen molar-refractivity contribution in [2.24, 2.45) is 0 Å². The van der Waals surface area contributed by atoms with Gasteiger partial charge in [0, 0.05) is 42.1 Å². The number of nitro benzene ring substituents is 1. The lowest BCUT2D eigenvalue weighted by Crippen LogP contribution is -2.38. The minimum Gasteiger partial charge on any atom is -0.355 e. The number of nitrogens with zero attached hydrogens (tertiary/aromatic N) is 1. The number of hydrogen-bond donors (Lipinski definition) is 2. The van der Waals surface area contributed by atoms with Crippen molar-refractivity contribution >= 4 is 33.2 Å². The van der Waals surface area contributed by atoms with Crippen LogP contribution in [-0.2, 0) is 20.2 Å². The normalized spacial score (nSPS) is 11.8. The van der Waals surface area contributed by atoms with Crippen molar-refractivity contribution in [2.45, 2.75) is 30.6 Å². The van der Waals surface area contributed by atoms with Gasteiger partial charge in [0.1, 0.15) is 0 Å². The lowest BCUT2D eigenvalue weighted by molar-refractivity contribution is -0.384. The standard InChI is InChI=1S/C19H22ClN3O5S/c1-19(2,14-4-3-5-15(20)12-14)13-21-18(24)10-11-22-29(27,28)17-8-6-16(7-9-17)23(25)26/h3-9,12,22H,10-11,13H2,1-2H3,(H,21,24). The Bertz CT molecular complexity index is 991. The van der Waals surface area contributed by atoms with Crippen molar-refractivity contribution in [3.05, 3.63) is 69.2 Å². The van der Waals surface area contributed by atoms with Crippen LogP contribution in [0.1, 0.15) is 25.8 Å². The summed E-state index contributed by atoms with van der Waals surface area (Å²) in [7, 11) is -3.86. The molecule has 0 saturated carbocycles. The number of rotatable bonds is 9. The first-order valence-corrected chi connectivity index (χ1v) is 10.6. The molecule has 2 aromatic rings. The molecule has 0 aliphatic rings. The summed E-state index contributed by atoms with van der Waals surface area (Å²) in [5.74, 6) is -0.300. The van der Waals surface area contributed by atoms with Crippen LogP contribution in [0.15, 0.2) is 53.4 Å². The molecule has 0 heterocycles. The van der Waals surface area contributed by atoms with Crippen LogP contribution in [0.25, 0.3) is 0 Å². The van der Waals surface area contributed by atoms with E-state index in [2.05, 4.69) is 10.0 Å². The summed E-state index contributed by atoms with van der Waals surface area (Å²) in [6, 6.07) is 11.9. The molecule has 0 aliphatic carbocycles. The molecule has 156 valence electrons. The molecule has 0 aromatic heterocycles. The van der Waals surface area contributed by atoms with Crippen LogP contribution in [0, 0.1) is 10.1 Å². The number of sulfonamides is 1. The van der Waals surface area contributed by atoms with Crippen LogP contribution < -0.4 is 10.0 Å². The number of amides is 1. The van der Waals surface area contributed by atoms with Gasteiger partial charge in [0.25, 0.3) is 5.69 Å². The van der Waals surface area contributed by atoms with Crippen molar-refractivity contribution < 1.29 is 18.1 Å². The number of carbonyl (C=O) groups excluding carboxylic acids is 1. The van der Waals surface area contributed by atoms with E-state index in [9.17, 15) is 23.3 Å². The van der Waals surface area contributed by atoms with Gasteiger partial charge in [-0.1, -0.05) is 37.6 Å². The molecule has 1 amide bonds. The molecule has 0 unspecified atom stereocenters. The summed E-state index contributed by atoms with van der Waals surface area (Å²) in [6.07, 6.45) is -0.0438. The van der Waals surface area contributed by atoms with Crippen molar-refractivity contribution in [2.75, 3.05) is 13.1 Å². The maximum absolute atomic E-state index is 12.2. The van der Waals surface area contributed by atoms with Crippen molar-refractivity contribution in [1.29, 1.82) is 0 Å². The van der Waals surface area contributed by atoms with Crippen molar-refractivity contribution in [1.82, 2.24) is 10.0 Å². The number of benzene rings is 2. The highest BCUT2D eigenvalue weighted by Gasteiger charge is 2.22. The van der Waals surface area contributed by atoms with Gasteiger partial charge in [-0.25, -0.2) is 13.1 Å². The Kier molecular flexibility index (Phi) is 7.34. The quantitative estimate of drug-likeness (QED) is 0.460. The molecular weight excluding hydrogens is 418 g/mol. The maximum Gasteiger partial charge on any atom is 0.269 e. The third kappa shape index (κ3) is 6.52. The zero-order chi connectivity index (χ0) is 21.7. The number of nitrogens with one attached hydrogen (secondary N) is 2.